The van der Waals surface area contributed by atoms with Gasteiger partial charge in [-0.15, -0.1) is 0 Å². The monoisotopic (exact) mass is 344 g/mol. The minimum Gasteiger partial charge on any atom is -0.481 e. The molecule has 6 heteroatoms. The molecular weight excluding hydrogens is 327 g/mol. The Morgan fingerprint density at radius 1 is 1.60 bits per heavy atom. The SMILES string of the molecule is CNC[C@@H]1CCN(C(=O)COc2ccc(Br)cc2F)C1. The van der Waals surface area contributed by atoms with Crippen LogP contribution in [-0.2, 0) is 4.79 Å². The zero-order chi connectivity index (χ0) is 14.5. The fourth-order valence-corrected chi connectivity index (χ4v) is 2.67. The third kappa shape index (κ3) is 3.93. The van der Waals surface area contributed by atoms with Crippen LogP contribution in [0, 0.1) is 11.7 Å². The molecule has 0 radical (unpaired) electrons. The Morgan fingerprint density at radius 3 is 3.10 bits per heavy atom. The number of carbonyl (C=O) groups is 1. The lowest BCUT2D eigenvalue weighted by molar-refractivity contribution is -0.132. The molecule has 0 aliphatic carbocycles. The van der Waals surface area contributed by atoms with Crippen molar-refractivity contribution in [2.45, 2.75) is 6.42 Å². The van der Waals surface area contributed by atoms with Gasteiger partial charge in [-0.05, 0) is 44.1 Å². The van der Waals surface area contributed by atoms with Gasteiger partial charge in [0.2, 0.25) is 0 Å². The van der Waals surface area contributed by atoms with Crippen LogP contribution in [0.2, 0.25) is 0 Å². The predicted octanol–water partition coefficient (Wildman–Crippen LogP) is 2.03. The number of halogens is 2. The van der Waals surface area contributed by atoms with Crippen LogP contribution in [0.1, 0.15) is 6.42 Å². The largest absolute Gasteiger partial charge is 0.481 e. The molecule has 1 heterocycles. The first-order chi connectivity index (χ1) is 9.60. The summed E-state index contributed by atoms with van der Waals surface area (Å²) in [5.74, 6) is 0.0356. The van der Waals surface area contributed by atoms with Crippen LogP contribution in [0.15, 0.2) is 22.7 Å². The van der Waals surface area contributed by atoms with Crippen LogP contribution in [-0.4, -0.2) is 44.1 Å². The molecule has 0 bridgehead atoms. The quantitative estimate of drug-likeness (QED) is 0.888. The van der Waals surface area contributed by atoms with E-state index in [0.29, 0.717) is 10.4 Å². The Balaban J connectivity index is 1.83. The number of hydrogen-bond donors (Lipinski definition) is 1. The molecule has 1 aromatic carbocycles. The number of carbonyl (C=O) groups excluding carboxylic acids is 1. The van der Waals surface area contributed by atoms with Gasteiger partial charge < -0.3 is 15.0 Å². The number of hydrogen-bond acceptors (Lipinski definition) is 3. The Bertz CT molecular complexity index is 484. The molecule has 0 unspecified atom stereocenters. The first kappa shape index (κ1) is 15.3. The summed E-state index contributed by atoms with van der Waals surface area (Å²) in [5.41, 5.74) is 0. The number of benzene rings is 1. The Labute approximate surface area is 126 Å². The molecule has 0 aromatic heterocycles. The van der Waals surface area contributed by atoms with Crippen molar-refractivity contribution in [3.8, 4) is 5.75 Å². The van der Waals surface area contributed by atoms with Gasteiger partial charge in [0.25, 0.3) is 5.91 Å². The number of likely N-dealkylation sites (tertiary alicyclic amines) is 1. The maximum Gasteiger partial charge on any atom is 0.260 e. The van der Waals surface area contributed by atoms with Crippen LogP contribution < -0.4 is 10.1 Å². The van der Waals surface area contributed by atoms with E-state index in [1.54, 1.807) is 11.0 Å². The second kappa shape index (κ2) is 7.04. The van der Waals surface area contributed by atoms with E-state index in [1.165, 1.54) is 12.1 Å². The van der Waals surface area contributed by atoms with Gasteiger partial charge in [0.1, 0.15) is 0 Å². The van der Waals surface area contributed by atoms with E-state index in [2.05, 4.69) is 21.2 Å². The summed E-state index contributed by atoms with van der Waals surface area (Å²) in [6.45, 7) is 2.28. The number of nitrogens with one attached hydrogen (secondary N) is 1. The Hall–Kier alpha value is -1.14. The summed E-state index contributed by atoms with van der Waals surface area (Å²) in [7, 11) is 1.91. The molecule has 1 aliphatic heterocycles. The Morgan fingerprint density at radius 2 is 2.40 bits per heavy atom. The fraction of sp³-hybridized carbons (Fsp3) is 0.500. The van der Waals surface area contributed by atoms with Crippen molar-refractivity contribution in [1.29, 1.82) is 0 Å². The third-order valence-corrected chi connectivity index (χ3v) is 3.87. The first-order valence-corrected chi connectivity index (χ1v) is 7.39. The summed E-state index contributed by atoms with van der Waals surface area (Å²) in [5, 5.41) is 3.12. The van der Waals surface area contributed by atoms with Gasteiger partial charge in [-0.25, -0.2) is 4.39 Å². The van der Waals surface area contributed by atoms with Gasteiger partial charge in [-0.2, -0.15) is 0 Å². The van der Waals surface area contributed by atoms with Gasteiger partial charge >= 0.3 is 0 Å². The van der Waals surface area contributed by atoms with Crippen LogP contribution >= 0.6 is 15.9 Å². The lowest BCUT2D eigenvalue weighted by Crippen LogP contribution is -2.34. The molecule has 4 nitrogen and oxygen atoms in total. The van der Waals surface area contributed by atoms with Gasteiger partial charge in [0.05, 0.1) is 0 Å². The molecule has 1 atom stereocenters. The molecular formula is C14H18BrFN2O2. The number of ether oxygens (including phenoxy) is 1. The minimum atomic E-state index is -0.471. The van der Waals surface area contributed by atoms with Crippen molar-refractivity contribution in [1.82, 2.24) is 10.2 Å². The molecule has 110 valence electrons. The number of nitrogens with zero attached hydrogens (tertiary/aromatic N) is 1. The molecule has 1 N–H and O–H groups in total. The molecule has 2 rings (SSSR count). The van der Waals surface area contributed by atoms with E-state index in [0.717, 1.165) is 26.1 Å². The summed E-state index contributed by atoms with van der Waals surface area (Å²) >= 11 is 3.17. The van der Waals surface area contributed by atoms with Gasteiger partial charge in [-0.1, -0.05) is 15.9 Å². The fourth-order valence-electron chi connectivity index (χ4n) is 2.34. The van der Waals surface area contributed by atoms with Crippen LogP contribution in [0.3, 0.4) is 0 Å². The second-order valence-corrected chi connectivity index (χ2v) is 5.83. The van der Waals surface area contributed by atoms with Crippen molar-refractivity contribution < 1.29 is 13.9 Å². The summed E-state index contributed by atoms with van der Waals surface area (Å²) in [6, 6.07) is 4.51. The molecule has 1 amide bonds. The molecule has 1 fully saturated rings. The highest BCUT2D eigenvalue weighted by atomic mass is 79.9. The Kier molecular flexibility index (Phi) is 5.37. The van der Waals surface area contributed by atoms with E-state index in [9.17, 15) is 9.18 Å². The van der Waals surface area contributed by atoms with E-state index in [4.69, 9.17) is 4.74 Å². The third-order valence-electron chi connectivity index (χ3n) is 3.38. The topological polar surface area (TPSA) is 41.6 Å². The van der Waals surface area contributed by atoms with E-state index in [-0.39, 0.29) is 18.3 Å². The van der Waals surface area contributed by atoms with Gasteiger partial charge in [0.15, 0.2) is 18.2 Å². The lowest BCUT2D eigenvalue weighted by Gasteiger charge is -2.17. The lowest BCUT2D eigenvalue weighted by atomic mass is 10.1. The van der Waals surface area contributed by atoms with Crippen molar-refractivity contribution in [3.05, 3.63) is 28.5 Å². The smallest absolute Gasteiger partial charge is 0.260 e. The number of amides is 1. The molecule has 1 aromatic rings. The standard InChI is InChI=1S/C14H18BrFN2O2/c1-17-7-10-4-5-18(8-10)14(19)9-20-13-3-2-11(15)6-12(13)16/h2-3,6,10,17H,4-5,7-9H2,1H3/t10-/m0/s1. The van der Waals surface area contributed by atoms with Crippen LogP contribution in [0.5, 0.6) is 5.75 Å². The number of rotatable bonds is 5. The zero-order valence-electron chi connectivity index (χ0n) is 11.4. The van der Waals surface area contributed by atoms with Gasteiger partial charge in [0, 0.05) is 17.6 Å². The summed E-state index contributed by atoms with van der Waals surface area (Å²) in [6.07, 6.45) is 0.999. The van der Waals surface area contributed by atoms with Crippen molar-refractivity contribution in [2.24, 2.45) is 5.92 Å². The predicted molar refractivity (Wildman–Crippen MR) is 78.2 cm³/mol. The van der Waals surface area contributed by atoms with Gasteiger partial charge in [-0.3, -0.25) is 4.79 Å². The molecule has 20 heavy (non-hydrogen) atoms. The minimum absolute atomic E-state index is 0.0917. The maximum absolute atomic E-state index is 13.6. The second-order valence-electron chi connectivity index (χ2n) is 4.92. The van der Waals surface area contributed by atoms with Crippen molar-refractivity contribution in [3.63, 3.8) is 0 Å². The van der Waals surface area contributed by atoms with E-state index >= 15 is 0 Å². The highest BCUT2D eigenvalue weighted by Gasteiger charge is 2.25. The molecule has 0 spiro atoms. The van der Waals surface area contributed by atoms with Crippen LogP contribution in [0.4, 0.5) is 4.39 Å². The van der Waals surface area contributed by atoms with Crippen molar-refractivity contribution in [2.75, 3.05) is 33.3 Å². The zero-order valence-corrected chi connectivity index (χ0v) is 13.0. The van der Waals surface area contributed by atoms with Crippen molar-refractivity contribution >= 4 is 21.8 Å². The molecule has 1 saturated heterocycles. The van der Waals surface area contributed by atoms with E-state index in [1.807, 2.05) is 7.05 Å². The average molecular weight is 345 g/mol. The summed E-state index contributed by atoms with van der Waals surface area (Å²) < 4.78 is 19.5. The highest BCUT2D eigenvalue weighted by molar-refractivity contribution is 9.10. The highest BCUT2D eigenvalue weighted by Crippen LogP contribution is 2.22. The van der Waals surface area contributed by atoms with E-state index < -0.39 is 5.82 Å². The normalized spacial score (nSPS) is 18.4. The maximum atomic E-state index is 13.6. The van der Waals surface area contributed by atoms with Crippen LogP contribution in [0.25, 0.3) is 0 Å². The molecule has 0 saturated carbocycles. The average Bonchev–Trinajstić information content (AvgIpc) is 2.86. The molecule has 1 aliphatic rings. The summed E-state index contributed by atoms with van der Waals surface area (Å²) in [4.78, 5) is 13.8. The first-order valence-electron chi connectivity index (χ1n) is 6.60.